The van der Waals surface area contributed by atoms with E-state index in [0.717, 1.165) is 44.4 Å². The number of hydrogen-bond donors (Lipinski definition) is 2. The standard InChI is InChI=1S/C13H25N5/c1-2-3-4-5-6-7-12-15-13(17-16-12)18-10-8-14-9-11-18/h14H,2-11H2,1H3,(H,15,16,17). The van der Waals surface area contributed by atoms with Gasteiger partial charge in [0.25, 0.3) is 0 Å². The molecule has 2 rings (SSSR count). The minimum Gasteiger partial charge on any atom is -0.337 e. The zero-order chi connectivity index (χ0) is 12.6. The number of aromatic amines is 1. The summed E-state index contributed by atoms with van der Waals surface area (Å²) in [4.78, 5) is 6.83. The molecule has 5 nitrogen and oxygen atoms in total. The lowest BCUT2D eigenvalue weighted by Gasteiger charge is -2.25. The number of anilines is 1. The highest BCUT2D eigenvalue weighted by Gasteiger charge is 2.14. The normalized spacial score (nSPS) is 16.2. The van der Waals surface area contributed by atoms with Gasteiger partial charge in [-0.15, -0.1) is 5.10 Å². The quantitative estimate of drug-likeness (QED) is 0.725. The van der Waals surface area contributed by atoms with Crippen LogP contribution in [0.1, 0.15) is 44.9 Å². The molecule has 1 aliphatic heterocycles. The zero-order valence-corrected chi connectivity index (χ0v) is 11.4. The summed E-state index contributed by atoms with van der Waals surface area (Å²) in [5.74, 6) is 1.92. The van der Waals surface area contributed by atoms with Crippen molar-refractivity contribution in [3.63, 3.8) is 0 Å². The zero-order valence-electron chi connectivity index (χ0n) is 11.4. The van der Waals surface area contributed by atoms with Crippen LogP contribution in [0.5, 0.6) is 0 Å². The second-order valence-corrected chi connectivity index (χ2v) is 4.98. The van der Waals surface area contributed by atoms with Gasteiger partial charge in [-0.3, -0.25) is 5.10 Å². The van der Waals surface area contributed by atoms with Crippen LogP contribution in [0.4, 0.5) is 5.95 Å². The molecule has 0 aliphatic carbocycles. The number of rotatable bonds is 7. The number of aromatic nitrogens is 3. The molecule has 1 aromatic rings. The minimum absolute atomic E-state index is 0.875. The van der Waals surface area contributed by atoms with Gasteiger partial charge in [-0.25, -0.2) is 0 Å². The first-order chi connectivity index (χ1) is 8.90. The summed E-state index contributed by atoms with van der Waals surface area (Å²) in [5.41, 5.74) is 0. The molecule has 2 N–H and O–H groups in total. The Kier molecular flexibility index (Phi) is 5.45. The second kappa shape index (κ2) is 7.36. The van der Waals surface area contributed by atoms with Crippen LogP contribution < -0.4 is 10.2 Å². The third kappa shape index (κ3) is 3.98. The third-order valence-electron chi connectivity index (χ3n) is 3.44. The number of unbranched alkanes of at least 4 members (excludes halogenated alkanes) is 4. The maximum Gasteiger partial charge on any atom is 0.244 e. The summed E-state index contributed by atoms with van der Waals surface area (Å²) in [6, 6.07) is 0. The summed E-state index contributed by atoms with van der Waals surface area (Å²) in [6.07, 6.45) is 7.55. The summed E-state index contributed by atoms with van der Waals surface area (Å²) in [6.45, 7) is 6.32. The van der Waals surface area contributed by atoms with Crippen molar-refractivity contribution in [2.45, 2.75) is 45.4 Å². The van der Waals surface area contributed by atoms with Crippen molar-refractivity contribution < 1.29 is 0 Å². The number of nitrogens with one attached hydrogen (secondary N) is 2. The first-order valence-corrected chi connectivity index (χ1v) is 7.27. The molecule has 0 bridgehead atoms. The van der Waals surface area contributed by atoms with Crippen molar-refractivity contribution >= 4 is 5.95 Å². The fraction of sp³-hybridized carbons (Fsp3) is 0.846. The molecule has 1 saturated heterocycles. The van der Waals surface area contributed by atoms with Gasteiger partial charge < -0.3 is 10.2 Å². The van der Waals surface area contributed by atoms with E-state index in [2.05, 4.69) is 32.3 Å². The monoisotopic (exact) mass is 251 g/mol. The first kappa shape index (κ1) is 13.3. The number of nitrogens with zero attached hydrogens (tertiary/aromatic N) is 3. The molecule has 2 heterocycles. The van der Waals surface area contributed by atoms with Crippen molar-refractivity contribution in [3.8, 4) is 0 Å². The largest absolute Gasteiger partial charge is 0.337 e. The Morgan fingerprint density at radius 3 is 2.67 bits per heavy atom. The van der Waals surface area contributed by atoms with Crippen LogP contribution in [0.15, 0.2) is 0 Å². The van der Waals surface area contributed by atoms with Crippen LogP contribution in [0.25, 0.3) is 0 Å². The molecule has 1 aromatic heterocycles. The lowest BCUT2D eigenvalue weighted by molar-refractivity contribution is 0.580. The van der Waals surface area contributed by atoms with Crippen molar-refractivity contribution in [1.29, 1.82) is 0 Å². The Morgan fingerprint density at radius 2 is 1.89 bits per heavy atom. The highest BCUT2D eigenvalue weighted by atomic mass is 15.4. The molecule has 0 amide bonds. The molecule has 102 valence electrons. The van der Waals surface area contributed by atoms with Crippen molar-refractivity contribution in [2.75, 3.05) is 31.1 Å². The van der Waals surface area contributed by atoms with E-state index < -0.39 is 0 Å². The average molecular weight is 251 g/mol. The summed E-state index contributed by atoms with van der Waals surface area (Å²) >= 11 is 0. The highest BCUT2D eigenvalue weighted by Crippen LogP contribution is 2.10. The van der Waals surface area contributed by atoms with Crippen molar-refractivity contribution in [2.24, 2.45) is 0 Å². The maximum atomic E-state index is 4.58. The van der Waals surface area contributed by atoms with Gasteiger partial charge in [-0.05, 0) is 6.42 Å². The summed E-state index contributed by atoms with van der Waals surface area (Å²) < 4.78 is 0. The molecule has 0 spiro atoms. The highest BCUT2D eigenvalue weighted by molar-refractivity contribution is 5.29. The molecular weight excluding hydrogens is 226 g/mol. The van der Waals surface area contributed by atoms with Crippen LogP contribution in [0.3, 0.4) is 0 Å². The van der Waals surface area contributed by atoms with Gasteiger partial charge in [0.15, 0.2) is 0 Å². The van der Waals surface area contributed by atoms with Crippen LogP contribution >= 0.6 is 0 Å². The Balaban J connectivity index is 1.72. The molecular formula is C13H25N5. The van der Waals surface area contributed by atoms with E-state index in [1.165, 1.54) is 32.1 Å². The summed E-state index contributed by atoms with van der Waals surface area (Å²) in [7, 11) is 0. The third-order valence-corrected chi connectivity index (χ3v) is 3.44. The van der Waals surface area contributed by atoms with Crippen LogP contribution in [-0.4, -0.2) is 41.4 Å². The average Bonchev–Trinajstić information content (AvgIpc) is 2.88. The van der Waals surface area contributed by atoms with Gasteiger partial charge in [0, 0.05) is 32.6 Å². The van der Waals surface area contributed by atoms with Gasteiger partial charge in [0.2, 0.25) is 5.95 Å². The van der Waals surface area contributed by atoms with Crippen molar-refractivity contribution in [1.82, 2.24) is 20.5 Å². The lowest BCUT2D eigenvalue weighted by Crippen LogP contribution is -2.44. The number of hydrogen-bond acceptors (Lipinski definition) is 4. The van der Waals surface area contributed by atoms with Crippen molar-refractivity contribution in [3.05, 3.63) is 5.82 Å². The fourth-order valence-corrected chi connectivity index (χ4v) is 2.30. The van der Waals surface area contributed by atoms with E-state index in [-0.39, 0.29) is 0 Å². The number of piperazine rings is 1. The van der Waals surface area contributed by atoms with Gasteiger partial charge in [-0.2, -0.15) is 4.98 Å². The molecule has 0 atom stereocenters. The van der Waals surface area contributed by atoms with Crippen LogP contribution in [0.2, 0.25) is 0 Å². The Hall–Kier alpha value is -1.10. The van der Waals surface area contributed by atoms with E-state index in [4.69, 9.17) is 0 Å². The molecule has 5 heteroatoms. The first-order valence-electron chi connectivity index (χ1n) is 7.27. The molecule has 0 radical (unpaired) electrons. The smallest absolute Gasteiger partial charge is 0.244 e. The molecule has 18 heavy (non-hydrogen) atoms. The molecule has 1 aliphatic rings. The lowest BCUT2D eigenvalue weighted by atomic mass is 10.1. The number of aryl methyl sites for hydroxylation is 1. The Labute approximate surface area is 109 Å². The van der Waals surface area contributed by atoms with Crippen LogP contribution in [0, 0.1) is 0 Å². The van der Waals surface area contributed by atoms with Gasteiger partial charge in [0.1, 0.15) is 5.82 Å². The Morgan fingerprint density at radius 1 is 1.11 bits per heavy atom. The molecule has 0 unspecified atom stereocenters. The molecule has 0 aromatic carbocycles. The maximum absolute atomic E-state index is 4.58. The fourth-order valence-electron chi connectivity index (χ4n) is 2.30. The van der Waals surface area contributed by atoms with E-state index >= 15 is 0 Å². The van der Waals surface area contributed by atoms with E-state index in [9.17, 15) is 0 Å². The topological polar surface area (TPSA) is 56.8 Å². The minimum atomic E-state index is 0.875. The van der Waals surface area contributed by atoms with Crippen LogP contribution in [-0.2, 0) is 6.42 Å². The molecule has 0 saturated carbocycles. The SMILES string of the molecule is CCCCCCCc1nc(N2CCNCC2)n[nH]1. The van der Waals surface area contributed by atoms with Gasteiger partial charge in [0.05, 0.1) is 0 Å². The Bertz CT molecular complexity index is 330. The van der Waals surface area contributed by atoms with Gasteiger partial charge in [-0.1, -0.05) is 32.6 Å². The predicted octanol–water partition coefficient (Wildman–Crippen LogP) is 1.73. The van der Waals surface area contributed by atoms with E-state index in [0.29, 0.717) is 0 Å². The second-order valence-electron chi connectivity index (χ2n) is 4.98. The van der Waals surface area contributed by atoms with Gasteiger partial charge >= 0.3 is 0 Å². The summed E-state index contributed by atoms with van der Waals surface area (Å²) in [5, 5.41) is 10.7. The number of H-pyrrole nitrogens is 1. The molecule has 1 fully saturated rings. The van der Waals surface area contributed by atoms with E-state index in [1.807, 2.05) is 0 Å². The van der Waals surface area contributed by atoms with E-state index in [1.54, 1.807) is 0 Å². The predicted molar refractivity (Wildman–Crippen MR) is 73.9 cm³/mol.